The first-order chi connectivity index (χ1) is 4.02. The molecule has 0 aromatic rings. The van der Waals surface area contributed by atoms with Crippen molar-refractivity contribution in [2.75, 3.05) is 0 Å². The predicted molar refractivity (Wildman–Crippen MR) is 29.9 cm³/mol. The van der Waals surface area contributed by atoms with Crippen LogP contribution in [0.1, 0.15) is 26.7 Å². The fourth-order valence-electron chi connectivity index (χ4n) is 0.651. The highest BCUT2D eigenvalue weighted by atomic mass is 19.4. The summed E-state index contributed by atoms with van der Waals surface area (Å²) in [6.07, 6.45) is -3.84. The van der Waals surface area contributed by atoms with Crippen molar-refractivity contribution in [3.8, 4) is 0 Å². The molecule has 0 aromatic carbocycles. The maximum Gasteiger partial charge on any atom is 0.395 e. The van der Waals surface area contributed by atoms with Gasteiger partial charge in [-0.3, -0.25) is 0 Å². The zero-order chi connectivity index (χ0) is 7.49. The van der Waals surface area contributed by atoms with E-state index < -0.39 is 6.18 Å². The van der Waals surface area contributed by atoms with Crippen molar-refractivity contribution < 1.29 is 13.2 Å². The SMILES string of the molecule is CC[C](CC)C(F)(F)F. The third-order valence-electron chi connectivity index (χ3n) is 1.25. The van der Waals surface area contributed by atoms with Gasteiger partial charge in [-0.2, -0.15) is 13.2 Å². The van der Waals surface area contributed by atoms with Gasteiger partial charge in [0.2, 0.25) is 0 Å². The van der Waals surface area contributed by atoms with Gasteiger partial charge in [-0.1, -0.05) is 13.8 Å². The minimum atomic E-state index is -4.07. The predicted octanol–water partition coefficient (Wildman–Crippen LogP) is 2.94. The third-order valence-corrected chi connectivity index (χ3v) is 1.25. The second kappa shape index (κ2) is 3.08. The topological polar surface area (TPSA) is 0 Å². The quantitative estimate of drug-likeness (QED) is 0.551. The number of rotatable bonds is 2. The van der Waals surface area contributed by atoms with Crippen LogP contribution in [-0.4, -0.2) is 6.18 Å². The van der Waals surface area contributed by atoms with Gasteiger partial charge in [-0.05, 0) is 12.8 Å². The summed E-state index contributed by atoms with van der Waals surface area (Å²) in [6, 6.07) is 0. The molecule has 0 fully saturated rings. The average Bonchev–Trinajstić information content (AvgIpc) is 1.65. The molecule has 0 saturated heterocycles. The smallest absolute Gasteiger partial charge is 0.170 e. The van der Waals surface area contributed by atoms with Crippen LogP contribution in [0.3, 0.4) is 0 Å². The molecule has 9 heavy (non-hydrogen) atoms. The Morgan fingerprint density at radius 3 is 1.44 bits per heavy atom. The monoisotopic (exact) mass is 139 g/mol. The summed E-state index contributed by atoms with van der Waals surface area (Å²) in [5.41, 5.74) is 0. The molecular formula is C6H10F3. The van der Waals surface area contributed by atoms with E-state index in [1.165, 1.54) is 13.8 Å². The summed E-state index contributed by atoms with van der Waals surface area (Å²) in [4.78, 5) is 0. The number of hydrogen-bond donors (Lipinski definition) is 0. The van der Waals surface area contributed by atoms with Crippen LogP contribution in [0, 0.1) is 5.92 Å². The van der Waals surface area contributed by atoms with Crippen molar-refractivity contribution >= 4 is 0 Å². The van der Waals surface area contributed by atoms with Gasteiger partial charge in [-0.15, -0.1) is 0 Å². The van der Waals surface area contributed by atoms with E-state index in [2.05, 4.69) is 0 Å². The van der Waals surface area contributed by atoms with Gasteiger partial charge < -0.3 is 0 Å². The molecule has 0 aliphatic carbocycles. The molecule has 1 radical (unpaired) electrons. The van der Waals surface area contributed by atoms with Gasteiger partial charge >= 0.3 is 6.18 Å². The van der Waals surface area contributed by atoms with E-state index in [-0.39, 0.29) is 18.8 Å². The normalized spacial score (nSPS) is 12.7. The fraction of sp³-hybridized carbons (Fsp3) is 0.833. The number of alkyl halides is 3. The summed E-state index contributed by atoms with van der Waals surface area (Å²) >= 11 is 0. The van der Waals surface area contributed by atoms with Gasteiger partial charge in [0.25, 0.3) is 0 Å². The van der Waals surface area contributed by atoms with Crippen molar-refractivity contribution in [3.63, 3.8) is 0 Å². The van der Waals surface area contributed by atoms with E-state index in [0.29, 0.717) is 0 Å². The first-order valence-electron chi connectivity index (χ1n) is 2.94. The minimum absolute atomic E-state index is 0.111. The van der Waals surface area contributed by atoms with Crippen molar-refractivity contribution in [1.29, 1.82) is 0 Å². The van der Waals surface area contributed by atoms with Gasteiger partial charge in [0.05, 0.1) is 5.92 Å². The van der Waals surface area contributed by atoms with Crippen LogP contribution in [0.15, 0.2) is 0 Å². The van der Waals surface area contributed by atoms with Crippen LogP contribution in [-0.2, 0) is 0 Å². The molecule has 0 atom stereocenters. The van der Waals surface area contributed by atoms with Gasteiger partial charge in [-0.25, -0.2) is 0 Å². The Balaban J connectivity index is 3.79. The lowest BCUT2D eigenvalue weighted by Crippen LogP contribution is -2.18. The molecule has 3 heteroatoms. The molecule has 0 aromatic heterocycles. The zero-order valence-electron chi connectivity index (χ0n) is 5.55. The first-order valence-corrected chi connectivity index (χ1v) is 2.94. The Labute approximate surface area is 53.1 Å². The first kappa shape index (κ1) is 8.79. The molecule has 0 spiro atoms. The molecule has 0 nitrogen and oxygen atoms in total. The number of hydrogen-bond acceptors (Lipinski definition) is 0. The molecular weight excluding hydrogens is 129 g/mol. The minimum Gasteiger partial charge on any atom is -0.170 e. The van der Waals surface area contributed by atoms with Crippen molar-refractivity contribution in [2.24, 2.45) is 0 Å². The highest BCUT2D eigenvalue weighted by Crippen LogP contribution is 2.32. The molecule has 0 amide bonds. The van der Waals surface area contributed by atoms with E-state index in [1.807, 2.05) is 0 Å². The maximum absolute atomic E-state index is 11.7. The lowest BCUT2D eigenvalue weighted by atomic mass is 10.0. The molecule has 0 bridgehead atoms. The summed E-state index contributed by atoms with van der Waals surface area (Å²) in [5.74, 6) is -0.331. The Hall–Kier alpha value is -0.210. The summed E-state index contributed by atoms with van der Waals surface area (Å²) in [5, 5.41) is 0. The van der Waals surface area contributed by atoms with E-state index in [4.69, 9.17) is 0 Å². The largest absolute Gasteiger partial charge is 0.395 e. The van der Waals surface area contributed by atoms with E-state index in [1.54, 1.807) is 0 Å². The Bertz CT molecular complexity index is 70.9. The molecule has 0 N–H and O–H groups in total. The van der Waals surface area contributed by atoms with E-state index >= 15 is 0 Å². The second-order valence-electron chi connectivity index (χ2n) is 1.81. The highest BCUT2D eigenvalue weighted by Gasteiger charge is 2.37. The third kappa shape index (κ3) is 2.72. The Morgan fingerprint density at radius 1 is 1.11 bits per heavy atom. The van der Waals surface area contributed by atoms with Crippen LogP contribution in [0.5, 0.6) is 0 Å². The van der Waals surface area contributed by atoms with E-state index in [0.717, 1.165) is 0 Å². The molecule has 0 aliphatic heterocycles. The van der Waals surface area contributed by atoms with Crippen LogP contribution in [0.2, 0.25) is 0 Å². The second-order valence-corrected chi connectivity index (χ2v) is 1.81. The average molecular weight is 139 g/mol. The van der Waals surface area contributed by atoms with Gasteiger partial charge in [0, 0.05) is 0 Å². The molecule has 0 rings (SSSR count). The van der Waals surface area contributed by atoms with E-state index in [9.17, 15) is 13.2 Å². The van der Waals surface area contributed by atoms with Crippen LogP contribution in [0.25, 0.3) is 0 Å². The Morgan fingerprint density at radius 2 is 1.44 bits per heavy atom. The summed E-state index contributed by atoms with van der Waals surface area (Å²) in [6.45, 7) is 3.04. The van der Waals surface area contributed by atoms with Crippen LogP contribution in [0.4, 0.5) is 13.2 Å². The molecule has 0 aliphatic rings. The van der Waals surface area contributed by atoms with Gasteiger partial charge in [0.15, 0.2) is 0 Å². The number of halogens is 3. The van der Waals surface area contributed by atoms with Gasteiger partial charge in [0.1, 0.15) is 0 Å². The maximum atomic E-state index is 11.7. The van der Waals surface area contributed by atoms with Crippen LogP contribution >= 0.6 is 0 Å². The highest BCUT2D eigenvalue weighted by molar-refractivity contribution is 4.94. The fourth-order valence-corrected chi connectivity index (χ4v) is 0.651. The van der Waals surface area contributed by atoms with Crippen molar-refractivity contribution in [3.05, 3.63) is 5.92 Å². The van der Waals surface area contributed by atoms with Crippen molar-refractivity contribution in [1.82, 2.24) is 0 Å². The standard InChI is InChI=1S/C6H10F3/c1-3-5(4-2)6(7,8)9/h3-4H2,1-2H3. The molecule has 0 saturated carbocycles. The Kier molecular flexibility index (Phi) is 3.01. The molecule has 0 heterocycles. The van der Waals surface area contributed by atoms with Crippen LogP contribution < -0.4 is 0 Å². The molecule has 55 valence electrons. The summed E-state index contributed by atoms with van der Waals surface area (Å²) < 4.78 is 35.1. The van der Waals surface area contributed by atoms with Crippen molar-refractivity contribution in [2.45, 2.75) is 32.9 Å². The summed E-state index contributed by atoms with van der Waals surface area (Å²) in [7, 11) is 0. The molecule has 0 unspecified atom stereocenters. The zero-order valence-corrected chi connectivity index (χ0v) is 5.55. The lowest BCUT2D eigenvalue weighted by Gasteiger charge is -2.14. The lowest BCUT2D eigenvalue weighted by molar-refractivity contribution is -0.117.